The predicted molar refractivity (Wildman–Crippen MR) is 69.8 cm³/mol. The molecule has 0 aliphatic carbocycles. The molecule has 2 N–H and O–H groups in total. The third-order valence-electron chi connectivity index (χ3n) is 4.18. The highest BCUT2D eigenvalue weighted by molar-refractivity contribution is 6.01. The maximum absolute atomic E-state index is 11.4. The number of likely N-dealkylation sites (tertiary alicyclic amines) is 1. The number of carbonyl (C=O) groups excluding carboxylic acids is 2. The summed E-state index contributed by atoms with van der Waals surface area (Å²) in [5, 5.41) is 5.90. The molecule has 0 aromatic rings. The molecule has 0 bridgehead atoms. The van der Waals surface area contributed by atoms with Crippen LogP contribution in [0.1, 0.15) is 0 Å². The minimum absolute atomic E-state index is 0.107. The van der Waals surface area contributed by atoms with Crippen LogP contribution >= 0.6 is 0 Å². The molecule has 7 heteroatoms. The van der Waals surface area contributed by atoms with E-state index in [1.54, 1.807) is 0 Å². The van der Waals surface area contributed by atoms with E-state index < -0.39 is 0 Å². The Hall–Kier alpha value is -1.18. The van der Waals surface area contributed by atoms with Gasteiger partial charge in [0.15, 0.2) is 0 Å². The second kappa shape index (κ2) is 5.44. The van der Waals surface area contributed by atoms with Crippen molar-refractivity contribution in [2.45, 2.75) is 6.04 Å². The Morgan fingerprint density at radius 2 is 1.84 bits per heavy atom. The number of piperazine rings is 1. The molecule has 0 aromatic carbocycles. The summed E-state index contributed by atoms with van der Waals surface area (Å²) in [5.74, 6) is -0.107. The van der Waals surface area contributed by atoms with Gasteiger partial charge in [0.05, 0.1) is 6.54 Å². The summed E-state index contributed by atoms with van der Waals surface area (Å²) in [6, 6.07) is 0.411. The molecule has 0 atom stereocenters. The zero-order chi connectivity index (χ0) is 13.2. The first kappa shape index (κ1) is 12.8. The minimum atomic E-state index is -0.246. The van der Waals surface area contributed by atoms with Gasteiger partial charge in [-0.2, -0.15) is 0 Å². The van der Waals surface area contributed by atoms with E-state index in [1.807, 2.05) is 0 Å². The lowest BCUT2D eigenvalue weighted by atomic mass is 10.1. The highest BCUT2D eigenvalue weighted by atomic mass is 16.2. The standard InChI is InChI=1S/C12H21N5O2/c18-11-7-14-12(19)17(11)6-5-15-8-10(9-15)16-3-1-13-2-4-16/h10,13H,1-9H2,(H,14,19). The van der Waals surface area contributed by atoms with Gasteiger partial charge in [0.25, 0.3) is 0 Å². The third-order valence-corrected chi connectivity index (χ3v) is 4.18. The average molecular weight is 267 g/mol. The summed E-state index contributed by atoms with van der Waals surface area (Å²) in [5.41, 5.74) is 0. The summed E-state index contributed by atoms with van der Waals surface area (Å²) in [6.07, 6.45) is 0. The van der Waals surface area contributed by atoms with Crippen LogP contribution in [-0.4, -0.2) is 91.6 Å². The molecule has 3 amide bonds. The largest absolute Gasteiger partial charge is 0.329 e. The molecular weight excluding hydrogens is 246 g/mol. The van der Waals surface area contributed by atoms with Crippen molar-refractivity contribution in [2.75, 3.05) is 58.9 Å². The Labute approximate surface area is 112 Å². The lowest BCUT2D eigenvalue weighted by Gasteiger charge is -2.47. The van der Waals surface area contributed by atoms with Crippen LogP contribution in [0.5, 0.6) is 0 Å². The Kier molecular flexibility index (Phi) is 3.67. The summed E-state index contributed by atoms with van der Waals surface area (Å²) in [6.45, 7) is 8.01. The highest BCUT2D eigenvalue weighted by Crippen LogP contribution is 2.15. The number of urea groups is 1. The molecule has 3 fully saturated rings. The second-order valence-corrected chi connectivity index (χ2v) is 5.40. The molecule has 19 heavy (non-hydrogen) atoms. The van der Waals surface area contributed by atoms with Gasteiger partial charge in [-0.3, -0.25) is 19.5 Å². The molecule has 0 saturated carbocycles. The van der Waals surface area contributed by atoms with E-state index in [2.05, 4.69) is 20.4 Å². The lowest BCUT2D eigenvalue weighted by molar-refractivity contribution is -0.125. The molecule has 3 heterocycles. The van der Waals surface area contributed by atoms with Gasteiger partial charge in [0, 0.05) is 58.4 Å². The van der Waals surface area contributed by atoms with Crippen LogP contribution in [0.3, 0.4) is 0 Å². The van der Waals surface area contributed by atoms with Gasteiger partial charge in [-0.25, -0.2) is 4.79 Å². The molecule has 106 valence electrons. The first-order valence-electron chi connectivity index (χ1n) is 6.99. The van der Waals surface area contributed by atoms with Crippen molar-refractivity contribution in [3.63, 3.8) is 0 Å². The maximum atomic E-state index is 11.4. The topological polar surface area (TPSA) is 67.9 Å². The van der Waals surface area contributed by atoms with Gasteiger partial charge < -0.3 is 10.6 Å². The maximum Gasteiger partial charge on any atom is 0.324 e. The zero-order valence-electron chi connectivity index (χ0n) is 11.1. The number of hydrogen-bond acceptors (Lipinski definition) is 5. The van der Waals surface area contributed by atoms with E-state index in [0.717, 1.165) is 45.8 Å². The van der Waals surface area contributed by atoms with Crippen molar-refractivity contribution in [1.82, 2.24) is 25.3 Å². The number of carbonyl (C=O) groups is 2. The summed E-state index contributed by atoms with van der Waals surface area (Å²) in [4.78, 5) is 29.0. The Bertz CT molecular complexity index is 347. The smallest absolute Gasteiger partial charge is 0.324 e. The van der Waals surface area contributed by atoms with Gasteiger partial charge in [-0.1, -0.05) is 0 Å². The van der Waals surface area contributed by atoms with E-state index in [1.165, 1.54) is 4.90 Å². The van der Waals surface area contributed by atoms with Crippen molar-refractivity contribution in [2.24, 2.45) is 0 Å². The van der Waals surface area contributed by atoms with E-state index >= 15 is 0 Å². The van der Waals surface area contributed by atoms with E-state index in [-0.39, 0.29) is 18.5 Å². The molecule has 0 radical (unpaired) electrons. The van der Waals surface area contributed by atoms with E-state index in [4.69, 9.17) is 0 Å². The Morgan fingerprint density at radius 3 is 2.47 bits per heavy atom. The number of nitrogens with zero attached hydrogens (tertiary/aromatic N) is 3. The van der Waals surface area contributed by atoms with Gasteiger partial charge in [0.1, 0.15) is 0 Å². The fourth-order valence-electron chi connectivity index (χ4n) is 2.93. The van der Waals surface area contributed by atoms with Crippen molar-refractivity contribution in [1.29, 1.82) is 0 Å². The van der Waals surface area contributed by atoms with Crippen LogP contribution in [0.25, 0.3) is 0 Å². The van der Waals surface area contributed by atoms with Crippen LogP contribution in [0, 0.1) is 0 Å². The van der Waals surface area contributed by atoms with Crippen molar-refractivity contribution in [3.05, 3.63) is 0 Å². The molecule has 0 aromatic heterocycles. The Morgan fingerprint density at radius 1 is 1.11 bits per heavy atom. The molecule has 0 unspecified atom stereocenters. The molecular formula is C12H21N5O2. The fraction of sp³-hybridized carbons (Fsp3) is 0.833. The van der Waals surface area contributed by atoms with Gasteiger partial charge in [-0.15, -0.1) is 0 Å². The molecule has 0 spiro atoms. The van der Waals surface area contributed by atoms with Crippen molar-refractivity contribution in [3.8, 4) is 0 Å². The predicted octanol–water partition coefficient (Wildman–Crippen LogP) is -1.87. The van der Waals surface area contributed by atoms with Gasteiger partial charge in [-0.05, 0) is 0 Å². The van der Waals surface area contributed by atoms with Gasteiger partial charge >= 0.3 is 6.03 Å². The first-order chi connectivity index (χ1) is 9.24. The van der Waals surface area contributed by atoms with Gasteiger partial charge in [0.2, 0.25) is 5.91 Å². The normalized spacial score (nSPS) is 26.6. The number of hydrogen-bond donors (Lipinski definition) is 2. The minimum Gasteiger partial charge on any atom is -0.329 e. The monoisotopic (exact) mass is 267 g/mol. The Balaban J connectivity index is 1.37. The fourth-order valence-corrected chi connectivity index (χ4v) is 2.93. The van der Waals surface area contributed by atoms with Crippen LogP contribution in [0.4, 0.5) is 4.79 Å². The van der Waals surface area contributed by atoms with E-state index in [9.17, 15) is 9.59 Å². The third kappa shape index (κ3) is 2.72. The van der Waals surface area contributed by atoms with Crippen LogP contribution in [-0.2, 0) is 4.79 Å². The summed E-state index contributed by atoms with van der Waals surface area (Å²) < 4.78 is 0. The number of rotatable bonds is 4. The second-order valence-electron chi connectivity index (χ2n) is 5.40. The quantitative estimate of drug-likeness (QED) is 0.584. The summed E-state index contributed by atoms with van der Waals surface area (Å²) >= 11 is 0. The number of imide groups is 1. The van der Waals surface area contributed by atoms with Crippen LogP contribution in [0.2, 0.25) is 0 Å². The first-order valence-corrected chi connectivity index (χ1v) is 6.99. The van der Waals surface area contributed by atoms with Crippen LogP contribution < -0.4 is 10.6 Å². The molecule has 3 saturated heterocycles. The number of amides is 3. The van der Waals surface area contributed by atoms with Crippen LogP contribution in [0.15, 0.2) is 0 Å². The molecule has 7 nitrogen and oxygen atoms in total. The lowest BCUT2D eigenvalue weighted by Crippen LogP contribution is -2.63. The molecule has 3 aliphatic heterocycles. The zero-order valence-corrected chi connectivity index (χ0v) is 11.1. The molecule has 3 aliphatic rings. The SMILES string of the molecule is O=C1CNC(=O)N1CCN1CC(N2CCNCC2)C1. The highest BCUT2D eigenvalue weighted by Gasteiger charge is 2.34. The van der Waals surface area contributed by atoms with E-state index in [0.29, 0.717) is 12.6 Å². The van der Waals surface area contributed by atoms with Crippen molar-refractivity contribution < 1.29 is 9.59 Å². The molecule has 3 rings (SSSR count). The number of nitrogens with one attached hydrogen (secondary N) is 2. The summed E-state index contributed by atoms with van der Waals surface area (Å²) in [7, 11) is 0. The average Bonchev–Trinajstić information content (AvgIpc) is 2.69. The van der Waals surface area contributed by atoms with Crippen molar-refractivity contribution >= 4 is 11.9 Å².